The van der Waals surface area contributed by atoms with Gasteiger partial charge in [-0.05, 0) is 37.3 Å². The number of aromatic amines is 1. The summed E-state index contributed by atoms with van der Waals surface area (Å²) in [5.41, 5.74) is 6.72. The largest absolute Gasteiger partial charge is 0.368 e. The van der Waals surface area contributed by atoms with E-state index in [1.807, 2.05) is 56.3 Å². The zero-order valence-electron chi connectivity index (χ0n) is 21.9. The Morgan fingerprint density at radius 2 is 1.87 bits per heavy atom. The molecular weight excluding hydrogens is 478 g/mol. The lowest BCUT2D eigenvalue weighted by molar-refractivity contribution is -0.116. The van der Waals surface area contributed by atoms with Crippen molar-refractivity contribution >= 4 is 39.2 Å². The molecule has 0 spiro atoms. The molecule has 0 bridgehead atoms. The Bertz CT molecular complexity index is 1630. The van der Waals surface area contributed by atoms with Gasteiger partial charge in [-0.3, -0.25) is 24.4 Å². The van der Waals surface area contributed by atoms with E-state index >= 15 is 0 Å². The Hall–Kier alpha value is -4.34. The number of aryl methyl sites for hydroxylation is 1. The van der Waals surface area contributed by atoms with Gasteiger partial charge in [-0.2, -0.15) is 5.10 Å². The number of nitrogens with one attached hydrogen (secondary N) is 2. The Kier molecular flexibility index (Phi) is 6.22. The van der Waals surface area contributed by atoms with Crippen LogP contribution in [0.5, 0.6) is 0 Å². The number of carbonyl (C=O) groups excluding carboxylic acids is 1. The van der Waals surface area contributed by atoms with E-state index in [0.29, 0.717) is 17.9 Å². The SMILES string of the molecule is CC(C)CC(=O)Nc1cncc(-c2cc3c(-c4nc5c(N6CCCCC6)cncc5[nH]4)nn(C)c3cn2)c1. The van der Waals surface area contributed by atoms with Crippen molar-refractivity contribution < 1.29 is 4.79 Å². The topological polar surface area (TPSA) is 118 Å². The summed E-state index contributed by atoms with van der Waals surface area (Å²) in [7, 11) is 1.91. The van der Waals surface area contributed by atoms with Crippen molar-refractivity contribution in [2.45, 2.75) is 39.5 Å². The standard InChI is InChI=1S/C28H31N9O/c1-17(2)9-25(38)32-19-10-18(12-29-13-19)21-11-20-23(16-31-21)36(3)35-26(20)28-33-22-14-30-15-24(27(22)34-28)37-7-5-4-6-8-37/h10-17H,4-9H2,1-3H3,(H,32,38)(H,33,34). The fourth-order valence-electron chi connectivity index (χ4n) is 5.11. The van der Waals surface area contributed by atoms with Gasteiger partial charge in [-0.15, -0.1) is 0 Å². The van der Waals surface area contributed by atoms with E-state index in [4.69, 9.17) is 10.1 Å². The first-order chi connectivity index (χ1) is 18.5. The summed E-state index contributed by atoms with van der Waals surface area (Å²) in [6.45, 7) is 6.09. The van der Waals surface area contributed by atoms with Crippen LogP contribution >= 0.6 is 0 Å². The quantitative estimate of drug-likeness (QED) is 0.333. The minimum Gasteiger partial charge on any atom is -0.368 e. The lowest BCUT2D eigenvalue weighted by atomic mass is 10.1. The van der Waals surface area contributed by atoms with Crippen molar-refractivity contribution in [3.8, 4) is 22.8 Å². The van der Waals surface area contributed by atoms with Crippen LogP contribution in [0.2, 0.25) is 0 Å². The molecule has 1 saturated heterocycles. The normalized spacial score (nSPS) is 14.1. The summed E-state index contributed by atoms with van der Waals surface area (Å²) < 4.78 is 1.82. The highest BCUT2D eigenvalue weighted by molar-refractivity contribution is 5.97. The molecule has 5 aromatic heterocycles. The summed E-state index contributed by atoms with van der Waals surface area (Å²) in [6.07, 6.45) is 13.0. The number of nitrogens with zero attached hydrogens (tertiary/aromatic N) is 7. The molecule has 2 N–H and O–H groups in total. The molecule has 0 saturated carbocycles. The predicted molar refractivity (Wildman–Crippen MR) is 149 cm³/mol. The Labute approximate surface area is 220 Å². The van der Waals surface area contributed by atoms with Crippen LogP contribution in [-0.2, 0) is 11.8 Å². The minimum absolute atomic E-state index is 0.0276. The lowest BCUT2D eigenvalue weighted by Gasteiger charge is -2.28. The van der Waals surface area contributed by atoms with Crippen LogP contribution in [0.25, 0.3) is 44.7 Å². The molecule has 6 rings (SSSR count). The summed E-state index contributed by atoms with van der Waals surface area (Å²) in [5, 5.41) is 8.66. The number of imidazole rings is 1. The summed E-state index contributed by atoms with van der Waals surface area (Å²) in [5.74, 6) is 0.950. The van der Waals surface area contributed by atoms with Crippen LogP contribution in [0.3, 0.4) is 0 Å². The maximum Gasteiger partial charge on any atom is 0.224 e. The molecule has 0 aromatic carbocycles. The monoisotopic (exact) mass is 509 g/mol. The van der Waals surface area contributed by atoms with Crippen molar-refractivity contribution in [3.05, 3.63) is 43.1 Å². The second-order valence-electron chi connectivity index (χ2n) is 10.4. The van der Waals surface area contributed by atoms with Crippen molar-refractivity contribution in [1.29, 1.82) is 0 Å². The zero-order chi connectivity index (χ0) is 26.2. The molecule has 0 unspecified atom stereocenters. The smallest absolute Gasteiger partial charge is 0.224 e. The third-order valence-corrected chi connectivity index (χ3v) is 6.94. The Balaban J connectivity index is 1.38. The molecule has 1 amide bonds. The number of aromatic nitrogens is 7. The van der Waals surface area contributed by atoms with E-state index in [2.05, 4.69) is 30.2 Å². The van der Waals surface area contributed by atoms with Gasteiger partial charge in [0, 0.05) is 43.7 Å². The highest BCUT2D eigenvalue weighted by atomic mass is 16.1. The number of hydrogen-bond acceptors (Lipinski definition) is 7. The first-order valence-electron chi connectivity index (χ1n) is 13.1. The van der Waals surface area contributed by atoms with Gasteiger partial charge in [0.2, 0.25) is 5.91 Å². The highest BCUT2D eigenvalue weighted by Gasteiger charge is 2.20. The highest BCUT2D eigenvalue weighted by Crippen LogP contribution is 2.33. The minimum atomic E-state index is -0.0276. The summed E-state index contributed by atoms with van der Waals surface area (Å²) >= 11 is 0. The molecule has 1 fully saturated rings. The Morgan fingerprint density at radius 1 is 1.05 bits per heavy atom. The van der Waals surface area contributed by atoms with Gasteiger partial charge in [0.05, 0.1) is 52.9 Å². The number of piperidine rings is 1. The molecule has 38 heavy (non-hydrogen) atoms. The van der Waals surface area contributed by atoms with E-state index in [-0.39, 0.29) is 11.8 Å². The van der Waals surface area contributed by atoms with Gasteiger partial charge in [-0.25, -0.2) is 4.98 Å². The van der Waals surface area contributed by atoms with Crippen LogP contribution in [0.4, 0.5) is 11.4 Å². The van der Waals surface area contributed by atoms with Crippen molar-refractivity contribution in [2.75, 3.05) is 23.3 Å². The summed E-state index contributed by atoms with van der Waals surface area (Å²) in [4.78, 5) is 36.6. The number of anilines is 2. The van der Waals surface area contributed by atoms with Gasteiger partial charge in [0.1, 0.15) is 11.2 Å². The van der Waals surface area contributed by atoms with E-state index in [9.17, 15) is 4.79 Å². The zero-order valence-corrected chi connectivity index (χ0v) is 21.9. The van der Waals surface area contributed by atoms with E-state index in [1.54, 1.807) is 12.4 Å². The maximum absolute atomic E-state index is 12.3. The molecule has 6 heterocycles. The molecule has 5 aromatic rings. The number of H-pyrrole nitrogens is 1. The lowest BCUT2D eigenvalue weighted by Crippen LogP contribution is -2.29. The van der Waals surface area contributed by atoms with Crippen LogP contribution in [-0.4, -0.2) is 53.7 Å². The number of fused-ring (bicyclic) bond motifs is 2. The number of rotatable bonds is 6. The number of amides is 1. The molecule has 10 nitrogen and oxygen atoms in total. The van der Waals surface area contributed by atoms with E-state index in [1.165, 1.54) is 19.3 Å². The second-order valence-corrected chi connectivity index (χ2v) is 10.4. The van der Waals surface area contributed by atoms with Crippen LogP contribution in [0.1, 0.15) is 39.5 Å². The van der Waals surface area contributed by atoms with Gasteiger partial charge in [0.15, 0.2) is 5.82 Å². The Morgan fingerprint density at radius 3 is 2.68 bits per heavy atom. The summed E-state index contributed by atoms with van der Waals surface area (Å²) in [6, 6.07) is 3.90. The van der Waals surface area contributed by atoms with Crippen molar-refractivity contribution in [2.24, 2.45) is 13.0 Å². The molecule has 0 atom stereocenters. The molecule has 0 aliphatic carbocycles. The first kappa shape index (κ1) is 24.0. The predicted octanol–water partition coefficient (Wildman–Crippen LogP) is 4.94. The van der Waals surface area contributed by atoms with Crippen LogP contribution in [0.15, 0.2) is 43.1 Å². The van der Waals surface area contributed by atoms with Crippen LogP contribution in [0, 0.1) is 5.92 Å². The number of carbonyl (C=O) groups is 1. The fourth-order valence-corrected chi connectivity index (χ4v) is 5.11. The average Bonchev–Trinajstić information content (AvgIpc) is 3.49. The molecule has 1 aliphatic rings. The molecule has 0 radical (unpaired) electrons. The maximum atomic E-state index is 12.3. The molecule has 1 aliphatic heterocycles. The molecule has 194 valence electrons. The number of hydrogen-bond donors (Lipinski definition) is 2. The second kappa shape index (κ2) is 9.85. The average molecular weight is 510 g/mol. The van der Waals surface area contributed by atoms with Crippen molar-refractivity contribution in [3.63, 3.8) is 0 Å². The van der Waals surface area contributed by atoms with Gasteiger partial charge >= 0.3 is 0 Å². The van der Waals surface area contributed by atoms with E-state index in [0.717, 1.165) is 57.7 Å². The molecule has 10 heteroatoms. The third kappa shape index (κ3) is 4.57. The van der Waals surface area contributed by atoms with E-state index < -0.39 is 0 Å². The molecular formula is C28H31N9O. The third-order valence-electron chi connectivity index (χ3n) is 6.94. The number of pyridine rings is 3. The first-order valence-corrected chi connectivity index (χ1v) is 13.1. The van der Waals surface area contributed by atoms with Crippen LogP contribution < -0.4 is 10.2 Å². The van der Waals surface area contributed by atoms with Gasteiger partial charge in [-0.1, -0.05) is 13.8 Å². The van der Waals surface area contributed by atoms with Gasteiger partial charge in [0.25, 0.3) is 0 Å². The van der Waals surface area contributed by atoms with Gasteiger partial charge < -0.3 is 15.2 Å². The fraction of sp³-hybridized carbons (Fsp3) is 0.357. The van der Waals surface area contributed by atoms with Crippen molar-refractivity contribution in [1.82, 2.24) is 34.7 Å².